The summed E-state index contributed by atoms with van der Waals surface area (Å²) in [6.07, 6.45) is 1.09. The lowest BCUT2D eigenvalue weighted by atomic mass is 10.1. The van der Waals surface area contributed by atoms with Gasteiger partial charge in [0.2, 0.25) is 5.91 Å². The Morgan fingerprint density at radius 1 is 1.32 bits per heavy atom. The average molecular weight is 417 g/mol. The SMILES string of the molecule is C/C(=N/NC(=O)Cc1cc(=O)[nH]c(=S)[nH]1)c1ccc(NC2=NCCCS2)cc1. The first kappa shape index (κ1) is 20.0. The number of thioether (sulfide) groups is 1. The number of hydrogen-bond acceptors (Lipinski definition) is 7. The van der Waals surface area contributed by atoms with Crippen molar-refractivity contribution in [1.82, 2.24) is 15.4 Å². The summed E-state index contributed by atoms with van der Waals surface area (Å²) in [5.74, 6) is 0.736. The van der Waals surface area contributed by atoms with E-state index in [0.29, 0.717) is 11.4 Å². The number of carbonyl (C=O) groups excluding carboxylic acids is 1. The molecule has 0 fully saturated rings. The molecule has 1 aliphatic heterocycles. The molecular formula is C18H20N6O2S2. The lowest BCUT2D eigenvalue weighted by Crippen LogP contribution is -2.23. The molecule has 0 aliphatic carbocycles. The Morgan fingerprint density at radius 3 is 2.79 bits per heavy atom. The maximum Gasteiger partial charge on any atom is 0.251 e. The normalized spacial score (nSPS) is 14.3. The molecule has 2 aromatic rings. The minimum absolute atomic E-state index is 0.0209. The van der Waals surface area contributed by atoms with Crippen molar-refractivity contribution in [2.75, 3.05) is 17.6 Å². The lowest BCUT2D eigenvalue weighted by Gasteiger charge is -2.13. The second kappa shape index (κ2) is 9.47. The van der Waals surface area contributed by atoms with Crippen LogP contribution in [0.4, 0.5) is 5.69 Å². The van der Waals surface area contributed by atoms with Crippen molar-refractivity contribution >= 4 is 46.5 Å². The maximum absolute atomic E-state index is 12.0. The fraction of sp³-hybridized carbons (Fsp3) is 0.278. The van der Waals surface area contributed by atoms with Gasteiger partial charge >= 0.3 is 0 Å². The molecule has 3 rings (SSSR count). The van der Waals surface area contributed by atoms with E-state index in [-0.39, 0.29) is 22.7 Å². The monoisotopic (exact) mass is 416 g/mol. The largest absolute Gasteiger partial charge is 0.335 e. The quantitative estimate of drug-likeness (QED) is 0.340. The van der Waals surface area contributed by atoms with E-state index >= 15 is 0 Å². The molecule has 8 nitrogen and oxygen atoms in total. The van der Waals surface area contributed by atoms with Gasteiger partial charge < -0.3 is 10.3 Å². The Kier molecular flexibility index (Phi) is 6.77. The van der Waals surface area contributed by atoms with E-state index in [1.54, 1.807) is 11.8 Å². The van der Waals surface area contributed by atoms with Gasteiger partial charge in [0.1, 0.15) is 0 Å². The van der Waals surface area contributed by atoms with Gasteiger partial charge in [-0.2, -0.15) is 5.10 Å². The number of carbonyl (C=O) groups is 1. The number of aliphatic imine (C=N–C) groups is 1. The van der Waals surface area contributed by atoms with Gasteiger partial charge in [0.25, 0.3) is 5.56 Å². The maximum atomic E-state index is 12.0. The van der Waals surface area contributed by atoms with Crippen molar-refractivity contribution in [3.63, 3.8) is 0 Å². The van der Waals surface area contributed by atoms with E-state index in [0.717, 1.165) is 35.1 Å². The fourth-order valence-corrected chi connectivity index (χ4v) is 3.56. The first-order chi connectivity index (χ1) is 13.5. The molecule has 2 heterocycles. The summed E-state index contributed by atoms with van der Waals surface area (Å²) < 4.78 is 0.182. The Hall–Kier alpha value is -2.72. The molecule has 0 radical (unpaired) electrons. The summed E-state index contributed by atoms with van der Waals surface area (Å²) in [7, 11) is 0. The van der Waals surface area contributed by atoms with Gasteiger partial charge in [0.15, 0.2) is 9.94 Å². The zero-order chi connectivity index (χ0) is 19.9. The van der Waals surface area contributed by atoms with Crippen LogP contribution >= 0.6 is 24.0 Å². The molecule has 10 heteroatoms. The van der Waals surface area contributed by atoms with E-state index in [4.69, 9.17) is 12.2 Å². The second-order valence-electron chi connectivity index (χ2n) is 6.11. The molecule has 1 aromatic carbocycles. The van der Waals surface area contributed by atoms with Gasteiger partial charge in [-0.05, 0) is 43.3 Å². The van der Waals surface area contributed by atoms with E-state index in [1.807, 2.05) is 31.2 Å². The molecule has 4 N–H and O–H groups in total. The molecule has 0 bridgehead atoms. The number of nitrogens with one attached hydrogen (secondary N) is 4. The fourth-order valence-electron chi connectivity index (χ4n) is 2.49. The van der Waals surface area contributed by atoms with Crippen molar-refractivity contribution in [3.8, 4) is 0 Å². The Bertz CT molecular complexity index is 995. The highest BCUT2D eigenvalue weighted by molar-refractivity contribution is 8.14. The summed E-state index contributed by atoms with van der Waals surface area (Å²) in [5, 5.41) is 8.36. The first-order valence-corrected chi connectivity index (χ1v) is 10.1. The third kappa shape index (κ3) is 5.89. The van der Waals surface area contributed by atoms with E-state index < -0.39 is 0 Å². The summed E-state index contributed by atoms with van der Waals surface area (Å²) in [5.41, 5.74) is 5.09. The van der Waals surface area contributed by atoms with Crippen LogP contribution in [0.1, 0.15) is 24.6 Å². The van der Waals surface area contributed by atoms with Crippen LogP contribution in [0.3, 0.4) is 0 Å². The summed E-state index contributed by atoms with van der Waals surface area (Å²) in [6, 6.07) is 9.05. The summed E-state index contributed by atoms with van der Waals surface area (Å²) in [4.78, 5) is 33.0. The summed E-state index contributed by atoms with van der Waals surface area (Å²) >= 11 is 6.61. The number of hydrazone groups is 1. The van der Waals surface area contributed by atoms with Crippen LogP contribution in [0.5, 0.6) is 0 Å². The van der Waals surface area contributed by atoms with Gasteiger partial charge in [-0.15, -0.1) is 0 Å². The van der Waals surface area contributed by atoms with Gasteiger partial charge in [-0.3, -0.25) is 19.6 Å². The first-order valence-electron chi connectivity index (χ1n) is 8.70. The number of rotatable bonds is 5. The number of nitrogens with zero attached hydrogens (tertiary/aromatic N) is 2. The van der Waals surface area contributed by atoms with Gasteiger partial charge in [-0.25, -0.2) is 5.43 Å². The molecule has 1 aliphatic rings. The minimum atomic E-state index is -0.350. The second-order valence-corrected chi connectivity index (χ2v) is 7.61. The number of amides is 1. The predicted molar refractivity (Wildman–Crippen MR) is 116 cm³/mol. The third-order valence-corrected chi connectivity index (χ3v) is 5.07. The van der Waals surface area contributed by atoms with Gasteiger partial charge in [0, 0.05) is 29.7 Å². The minimum Gasteiger partial charge on any atom is -0.335 e. The number of hydrogen-bond donors (Lipinski definition) is 4. The number of aromatic amines is 2. The Morgan fingerprint density at radius 2 is 2.11 bits per heavy atom. The van der Waals surface area contributed by atoms with Crippen molar-refractivity contribution in [3.05, 3.63) is 56.7 Å². The van der Waals surface area contributed by atoms with Crippen molar-refractivity contribution < 1.29 is 4.79 Å². The van der Waals surface area contributed by atoms with E-state index in [2.05, 4.69) is 30.8 Å². The van der Waals surface area contributed by atoms with Crippen LogP contribution in [0.25, 0.3) is 0 Å². The number of amidine groups is 1. The molecule has 1 aromatic heterocycles. The molecule has 28 heavy (non-hydrogen) atoms. The van der Waals surface area contributed by atoms with Crippen LogP contribution in [0.15, 0.2) is 45.2 Å². The van der Waals surface area contributed by atoms with E-state index in [9.17, 15) is 9.59 Å². The van der Waals surface area contributed by atoms with Crippen LogP contribution in [-0.2, 0) is 11.2 Å². The number of benzene rings is 1. The molecule has 146 valence electrons. The third-order valence-electron chi connectivity index (χ3n) is 3.87. The van der Waals surface area contributed by atoms with Crippen LogP contribution in [-0.4, -0.2) is 39.1 Å². The van der Waals surface area contributed by atoms with Crippen LogP contribution in [0.2, 0.25) is 0 Å². The highest BCUT2D eigenvalue weighted by Gasteiger charge is 2.07. The molecule has 0 spiro atoms. The number of aromatic nitrogens is 2. The topological polar surface area (TPSA) is 114 Å². The Balaban J connectivity index is 1.58. The van der Waals surface area contributed by atoms with Crippen molar-refractivity contribution in [1.29, 1.82) is 0 Å². The molecular weight excluding hydrogens is 396 g/mol. The van der Waals surface area contributed by atoms with Gasteiger partial charge in [0.05, 0.1) is 12.1 Å². The number of H-pyrrole nitrogens is 2. The lowest BCUT2D eigenvalue weighted by molar-refractivity contribution is -0.120. The molecule has 0 saturated heterocycles. The molecule has 0 atom stereocenters. The van der Waals surface area contributed by atoms with Gasteiger partial charge in [-0.1, -0.05) is 23.9 Å². The standard InChI is InChI=1S/C18H20N6O2S2/c1-11(23-24-16(26)10-14-9-15(25)22-17(27)20-14)12-3-5-13(6-4-12)21-18-19-7-2-8-28-18/h3-6,9H,2,7-8,10H2,1H3,(H,19,21)(H,24,26)(H2,20,22,25,27)/b23-11-. The zero-order valence-electron chi connectivity index (χ0n) is 15.2. The highest BCUT2D eigenvalue weighted by Crippen LogP contribution is 2.17. The number of anilines is 1. The summed E-state index contributed by atoms with van der Waals surface area (Å²) in [6.45, 7) is 2.67. The average Bonchev–Trinajstić information content (AvgIpc) is 2.67. The predicted octanol–water partition coefficient (Wildman–Crippen LogP) is 2.42. The van der Waals surface area contributed by atoms with Crippen molar-refractivity contribution in [2.45, 2.75) is 19.8 Å². The molecule has 0 saturated carbocycles. The van der Waals surface area contributed by atoms with Crippen LogP contribution < -0.4 is 16.3 Å². The molecule has 0 unspecified atom stereocenters. The van der Waals surface area contributed by atoms with Crippen molar-refractivity contribution in [2.24, 2.45) is 10.1 Å². The molecule has 1 amide bonds. The Labute approximate surface area is 171 Å². The van der Waals surface area contributed by atoms with Crippen LogP contribution in [0, 0.1) is 4.77 Å². The van der Waals surface area contributed by atoms with E-state index in [1.165, 1.54) is 6.07 Å². The highest BCUT2D eigenvalue weighted by atomic mass is 32.2. The zero-order valence-corrected chi connectivity index (χ0v) is 16.9. The smallest absolute Gasteiger partial charge is 0.251 e.